The van der Waals surface area contributed by atoms with Crippen molar-refractivity contribution in [3.8, 4) is 22.4 Å². The van der Waals surface area contributed by atoms with E-state index in [1.165, 1.54) is 6.26 Å². The van der Waals surface area contributed by atoms with Crippen molar-refractivity contribution in [2.24, 2.45) is 0 Å². The van der Waals surface area contributed by atoms with Gasteiger partial charge in [0.1, 0.15) is 0 Å². The molecule has 182 valence electrons. The minimum absolute atomic E-state index is 0.0990. The van der Waals surface area contributed by atoms with E-state index < -0.39 is 39.2 Å². The molecular weight excluding hydrogens is 711 g/mol. The van der Waals surface area contributed by atoms with Crippen LogP contribution < -0.4 is 4.90 Å². The van der Waals surface area contributed by atoms with E-state index in [1.807, 2.05) is 24.4 Å². The molecule has 4 aromatic rings. The first-order valence-electron chi connectivity index (χ1n) is 11.2. The van der Waals surface area contributed by atoms with Gasteiger partial charge in [0.15, 0.2) is 0 Å². The Balaban J connectivity index is 1.72. The van der Waals surface area contributed by atoms with Crippen LogP contribution in [0, 0.1) is 5.95 Å². The van der Waals surface area contributed by atoms with E-state index in [9.17, 15) is 8.42 Å². The second-order valence-corrected chi connectivity index (χ2v) is 24.0. The number of hydrogen-bond acceptors (Lipinski definition) is 7. The summed E-state index contributed by atoms with van der Waals surface area (Å²) in [6.45, 7) is 3.89. The first-order chi connectivity index (χ1) is 17.3. The average Bonchev–Trinajstić information content (AvgIpc) is 3.26. The van der Waals surface area contributed by atoms with Crippen molar-refractivity contribution in [2.45, 2.75) is 17.9 Å². The molecule has 1 aliphatic rings. The third kappa shape index (κ3) is 5.15. The summed E-state index contributed by atoms with van der Waals surface area (Å²) in [4.78, 5) is 11.4. The predicted molar refractivity (Wildman–Crippen MR) is 145 cm³/mol. The van der Waals surface area contributed by atoms with Gasteiger partial charge in [0.2, 0.25) is 0 Å². The molecule has 1 aromatic carbocycles. The van der Waals surface area contributed by atoms with Crippen LogP contribution >= 0.6 is 4.00 Å². The van der Waals surface area contributed by atoms with Crippen LogP contribution in [0.4, 0.5) is 10.2 Å². The number of hydrogen-bond donors (Lipinski definition) is 0. The molecule has 0 amide bonds. The van der Waals surface area contributed by atoms with Gasteiger partial charge in [-0.2, -0.15) is 0 Å². The van der Waals surface area contributed by atoms with E-state index in [0.717, 1.165) is 26.0 Å². The average molecular weight is 733 g/mol. The van der Waals surface area contributed by atoms with Gasteiger partial charge in [-0.05, 0) is 0 Å². The Labute approximate surface area is 226 Å². The van der Waals surface area contributed by atoms with Crippen LogP contribution in [0.15, 0.2) is 59.8 Å². The predicted octanol–water partition coefficient (Wildman–Crippen LogP) is 4.32. The fraction of sp³-hybridized carbons (Fsp3) is 0.250. The molecule has 1 fully saturated rings. The van der Waals surface area contributed by atoms with Crippen LogP contribution in [0.1, 0.15) is 6.92 Å². The molecule has 36 heavy (non-hydrogen) atoms. The summed E-state index contributed by atoms with van der Waals surface area (Å²) in [6.07, 6.45) is 4.73. The third-order valence-electron chi connectivity index (χ3n) is 6.25. The molecule has 4 heterocycles. The summed E-state index contributed by atoms with van der Waals surface area (Å²) in [5, 5.41) is 0.760. The van der Waals surface area contributed by atoms with Gasteiger partial charge in [-0.25, -0.2) is 8.42 Å². The zero-order valence-corrected chi connectivity index (χ0v) is 26.6. The number of halogens is 1. The zero-order valence-electron chi connectivity index (χ0n) is 19.6. The number of nitrogens with zero attached hydrogens (tertiary/aromatic N) is 4. The van der Waals surface area contributed by atoms with Crippen molar-refractivity contribution in [1.29, 1.82) is 0 Å². The quantitative estimate of drug-likeness (QED) is 0.172. The van der Waals surface area contributed by atoms with Crippen LogP contribution in [0.5, 0.6) is 0 Å². The molecule has 1 aliphatic heterocycles. The van der Waals surface area contributed by atoms with E-state index in [2.05, 4.69) is 19.2 Å². The van der Waals surface area contributed by atoms with Gasteiger partial charge in [0.25, 0.3) is 0 Å². The number of benzene rings is 1. The van der Waals surface area contributed by atoms with Crippen LogP contribution in [-0.4, -0.2) is 76.2 Å². The number of morpholine rings is 1. The molecule has 0 unspecified atom stereocenters. The van der Waals surface area contributed by atoms with Crippen LogP contribution in [0.25, 0.3) is 33.3 Å². The summed E-state index contributed by atoms with van der Waals surface area (Å²) in [5.74, 6) is 0.133. The summed E-state index contributed by atoms with van der Waals surface area (Å²) in [7, 11) is -3.32. The Kier molecular flexibility index (Phi) is 7.60. The fourth-order valence-corrected chi connectivity index (χ4v) is 12.7. The molecule has 0 saturated carbocycles. The number of pyridine rings is 2. The van der Waals surface area contributed by atoms with E-state index in [4.69, 9.17) is 21.5 Å². The normalized spacial score (nSPS) is 16.2. The van der Waals surface area contributed by atoms with Crippen molar-refractivity contribution in [3.63, 3.8) is 0 Å². The van der Waals surface area contributed by atoms with E-state index >= 15 is 4.39 Å². The zero-order chi connectivity index (χ0) is 25.4. The number of anilines is 1. The van der Waals surface area contributed by atoms with Gasteiger partial charge in [-0.1, -0.05) is 0 Å². The topological polar surface area (TPSA) is 77.3 Å². The Bertz CT molecular complexity index is 1620. The number of rotatable bonds is 5. The second kappa shape index (κ2) is 10.6. The third-order valence-corrected chi connectivity index (χ3v) is 16.0. The van der Waals surface area contributed by atoms with E-state index in [1.54, 1.807) is 30.5 Å². The van der Waals surface area contributed by atoms with Crippen molar-refractivity contribution in [2.75, 3.05) is 30.9 Å². The maximum absolute atomic E-state index is 15.3. The summed E-state index contributed by atoms with van der Waals surface area (Å²) < 4.78 is 47.9. The molecule has 0 spiro atoms. The van der Waals surface area contributed by atoms with Crippen molar-refractivity contribution >= 4 is 65.8 Å². The first kappa shape index (κ1) is 25.9. The number of sulfone groups is 1. The van der Waals surface area contributed by atoms with Crippen LogP contribution in [0.3, 0.4) is 0 Å². The monoisotopic (exact) mass is 733 g/mol. The number of aromatic nitrogens is 3. The molecule has 5 rings (SSSR count). The molecular formula is C24H22FN4O3PS2Tl+. The SMILES string of the molecule is C[C@@H]1COCCN1c1cc(-c2ccc(S(C)(=O)=O)cc2)cc(-c2c(F)ncc3c2cc[n]3[Tl]=[P+]=S)n1. The minimum atomic E-state index is -3.32. The first-order valence-corrected chi connectivity index (χ1v) is 23.1. The van der Waals surface area contributed by atoms with Gasteiger partial charge in [0.05, 0.1) is 0 Å². The van der Waals surface area contributed by atoms with Gasteiger partial charge in [-0.3, -0.25) is 0 Å². The van der Waals surface area contributed by atoms with E-state index in [0.29, 0.717) is 36.8 Å². The summed E-state index contributed by atoms with van der Waals surface area (Å²) >= 11 is 3.80. The standard InChI is InChI=1S/C24H22FN4O3S.PS.Tl/c1-15-14-32-10-9-29(15)22-12-17(16-3-5-18(6-4-16)33(2,30)31)11-20(28-22)23-19-7-8-26-21(19)13-27-24(23)25;1-2;/h3-8,11-13,15H,9-10,14H2,1-2H3;;/q2*-1;+3/t15-;;/m1../s1. The van der Waals surface area contributed by atoms with Crippen molar-refractivity contribution < 1.29 is 17.5 Å². The van der Waals surface area contributed by atoms with Crippen molar-refractivity contribution in [3.05, 3.63) is 60.8 Å². The van der Waals surface area contributed by atoms with E-state index in [-0.39, 0.29) is 10.9 Å². The Morgan fingerprint density at radius 3 is 2.67 bits per heavy atom. The molecule has 1 saturated heterocycles. The Morgan fingerprint density at radius 1 is 1.19 bits per heavy atom. The molecule has 1 atom stereocenters. The molecule has 7 nitrogen and oxygen atoms in total. The number of ether oxygens (including phenoxy) is 1. The molecule has 12 heteroatoms. The second-order valence-electron chi connectivity index (χ2n) is 8.68. The summed E-state index contributed by atoms with van der Waals surface area (Å²) in [6, 6.07) is 12.5. The molecule has 0 radical (unpaired) electrons. The van der Waals surface area contributed by atoms with Gasteiger partial charge in [0, 0.05) is 6.26 Å². The molecule has 3 aromatic heterocycles. The van der Waals surface area contributed by atoms with Crippen LogP contribution in [0.2, 0.25) is 0 Å². The fourth-order valence-electron chi connectivity index (χ4n) is 4.42. The molecule has 0 bridgehead atoms. The maximum atomic E-state index is 15.3. The Morgan fingerprint density at radius 2 is 1.97 bits per heavy atom. The summed E-state index contributed by atoms with van der Waals surface area (Å²) in [5.41, 5.74) is 3.34. The van der Waals surface area contributed by atoms with Crippen LogP contribution in [-0.2, 0) is 26.4 Å². The van der Waals surface area contributed by atoms with Gasteiger partial charge in [-0.15, -0.1) is 0 Å². The van der Waals surface area contributed by atoms with Crippen molar-refractivity contribution in [1.82, 2.24) is 12.3 Å². The van der Waals surface area contributed by atoms with Gasteiger partial charge >= 0.3 is 213 Å². The molecule has 0 N–H and O–H groups in total. The molecule has 0 aliphatic carbocycles. The Hall–Kier alpha value is -1.73. The van der Waals surface area contributed by atoms with Gasteiger partial charge < -0.3 is 0 Å². The number of fused-ring (bicyclic) bond motifs is 1.